The Kier molecular flexibility index (Phi) is 3.29. The van der Waals surface area contributed by atoms with Crippen LogP contribution < -0.4 is 4.90 Å². The van der Waals surface area contributed by atoms with Crippen molar-refractivity contribution in [2.45, 2.75) is 0 Å². The lowest BCUT2D eigenvalue weighted by Crippen LogP contribution is -2.16. The molecule has 0 bridgehead atoms. The number of methoxy groups -OCH3 is 1. The second kappa shape index (κ2) is 4.47. The zero-order chi connectivity index (χ0) is 11.4. The van der Waals surface area contributed by atoms with Gasteiger partial charge in [-0.05, 0) is 12.1 Å². The van der Waals surface area contributed by atoms with Crippen LogP contribution in [-0.2, 0) is 4.74 Å². The molecule has 0 aromatic heterocycles. The molecule has 0 heterocycles. The Balaban J connectivity index is 3.40. The first-order chi connectivity index (χ1) is 7.11. The van der Waals surface area contributed by atoms with E-state index in [1.165, 1.54) is 7.11 Å². The van der Waals surface area contributed by atoms with Gasteiger partial charge in [-0.2, -0.15) is 5.26 Å². The number of ether oxygens (including phenoxy) is 1. The lowest BCUT2D eigenvalue weighted by atomic mass is 10.1. The highest BCUT2D eigenvalue weighted by Gasteiger charge is 2.16. The van der Waals surface area contributed by atoms with Crippen LogP contribution in [0.5, 0.6) is 0 Å². The smallest absolute Gasteiger partial charge is 0.340 e. The molecule has 0 N–H and O–H groups in total. The van der Waals surface area contributed by atoms with Gasteiger partial charge in [0.15, 0.2) is 0 Å². The van der Waals surface area contributed by atoms with Crippen molar-refractivity contribution in [1.82, 2.24) is 0 Å². The number of rotatable bonds is 2. The Morgan fingerprint density at radius 2 is 2.13 bits per heavy atom. The maximum atomic E-state index is 11.4. The summed E-state index contributed by atoms with van der Waals surface area (Å²) >= 11 is 0. The fourth-order valence-electron chi connectivity index (χ4n) is 1.39. The number of esters is 1. The fraction of sp³-hybridized carbons (Fsp3) is 0.273. The van der Waals surface area contributed by atoms with Crippen molar-refractivity contribution in [3.05, 3.63) is 29.3 Å². The molecule has 0 amide bonds. The van der Waals surface area contributed by atoms with Crippen molar-refractivity contribution in [1.29, 1.82) is 5.26 Å². The summed E-state index contributed by atoms with van der Waals surface area (Å²) in [6, 6.07) is 7.02. The average molecular weight is 204 g/mol. The lowest BCUT2D eigenvalue weighted by Gasteiger charge is -2.17. The molecule has 1 aromatic rings. The Morgan fingerprint density at radius 3 is 2.60 bits per heavy atom. The predicted octanol–water partition coefficient (Wildman–Crippen LogP) is 1.41. The van der Waals surface area contributed by atoms with Crippen LogP contribution in [-0.4, -0.2) is 27.2 Å². The number of nitrogens with zero attached hydrogens (tertiary/aromatic N) is 2. The SMILES string of the molecule is COC(=O)c1cccc(C#N)c1N(C)C. The van der Waals surface area contributed by atoms with Crippen molar-refractivity contribution in [3.8, 4) is 6.07 Å². The molecular weight excluding hydrogens is 192 g/mol. The molecule has 1 rings (SSSR count). The van der Waals surface area contributed by atoms with Gasteiger partial charge in [0.2, 0.25) is 0 Å². The summed E-state index contributed by atoms with van der Waals surface area (Å²) in [6.07, 6.45) is 0. The van der Waals surface area contributed by atoms with Crippen LogP contribution in [0.3, 0.4) is 0 Å². The zero-order valence-electron chi connectivity index (χ0n) is 8.94. The topological polar surface area (TPSA) is 53.3 Å². The first-order valence-electron chi connectivity index (χ1n) is 4.40. The fourth-order valence-corrected chi connectivity index (χ4v) is 1.39. The maximum absolute atomic E-state index is 11.4. The van der Waals surface area contributed by atoms with E-state index in [-0.39, 0.29) is 0 Å². The monoisotopic (exact) mass is 204 g/mol. The molecule has 0 saturated heterocycles. The van der Waals surface area contributed by atoms with Gasteiger partial charge in [-0.1, -0.05) is 6.07 Å². The third-order valence-electron chi connectivity index (χ3n) is 2.01. The molecular formula is C11H12N2O2. The summed E-state index contributed by atoms with van der Waals surface area (Å²) in [5, 5.41) is 8.92. The summed E-state index contributed by atoms with van der Waals surface area (Å²) in [7, 11) is 4.88. The first-order valence-corrected chi connectivity index (χ1v) is 4.40. The van der Waals surface area contributed by atoms with Gasteiger partial charge >= 0.3 is 5.97 Å². The molecule has 0 radical (unpaired) electrons. The molecule has 1 aromatic carbocycles. The highest BCUT2D eigenvalue weighted by Crippen LogP contribution is 2.23. The largest absolute Gasteiger partial charge is 0.465 e. The number of hydrogen-bond donors (Lipinski definition) is 0. The summed E-state index contributed by atoms with van der Waals surface area (Å²) in [4.78, 5) is 13.2. The van der Waals surface area contributed by atoms with E-state index in [1.54, 1.807) is 37.2 Å². The van der Waals surface area contributed by atoms with Crippen LogP contribution in [0.25, 0.3) is 0 Å². The van der Waals surface area contributed by atoms with Crippen LogP contribution >= 0.6 is 0 Å². The van der Waals surface area contributed by atoms with Crippen molar-refractivity contribution in [2.24, 2.45) is 0 Å². The minimum atomic E-state index is -0.434. The molecule has 0 fully saturated rings. The molecule has 78 valence electrons. The van der Waals surface area contributed by atoms with E-state index in [2.05, 4.69) is 4.74 Å². The number of anilines is 1. The van der Waals surface area contributed by atoms with Crippen LogP contribution in [0.2, 0.25) is 0 Å². The van der Waals surface area contributed by atoms with E-state index in [9.17, 15) is 4.79 Å². The molecule has 0 saturated carbocycles. The standard InChI is InChI=1S/C11H12N2O2/c1-13(2)10-8(7-12)5-4-6-9(10)11(14)15-3/h4-6H,1-3H3. The highest BCUT2D eigenvalue weighted by atomic mass is 16.5. The van der Waals surface area contributed by atoms with E-state index in [1.807, 2.05) is 6.07 Å². The molecule has 4 nitrogen and oxygen atoms in total. The van der Waals surface area contributed by atoms with E-state index < -0.39 is 5.97 Å². The van der Waals surface area contributed by atoms with Gasteiger partial charge in [0.25, 0.3) is 0 Å². The summed E-state index contributed by atoms with van der Waals surface area (Å²) in [6.45, 7) is 0. The molecule has 0 atom stereocenters. The molecule has 0 aliphatic heterocycles. The molecule has 0 spiro atoms. The number of hydrogen-bond acceptors (Lipinski definition) is 4. The van der Waals surface area contributed by atoms with Crippen molar-refractivity contribution >= 4 is 11.7 Å². The van der Waals surface area contributed by atoms with Crippen molar-refractivity contribution < 1.29 is 9.53 Å². The number of carbonyl (C=O) groups is 1. The molecule has 0 aliphatic rings. The van der Waals surface area contributed by atoms with Gasteiger partial charge in [-0.15, -0.1) is 0 Å². The summed E-state index contributed by atoms with van der Waals surface area (Å²) in [5.74, 6) is -0.434. The number of nitriles is 1. The summed E-state index contributed by atoms with van der Waals surface area (Å²) in [5.41, 5.74) is 1.45. The Hall–Kier alpha value is -2.02. The van der Waals surface area contributed by atoms with Gasteiger partial charge in [0.1, 0.15) is 6.07 Å². The number of carbonyl (C=O) groups excluding carboxylic acids is 1. The van der Waals surface area contributed by atoms with Gasteiger partial charge in [-0.25, -0.2) is 4.79 Å². The average Bonchev–Trinajstić information content (AvgIpc) is 2.26. The molecule has 15 heavy (non-hydrogen) atoms. The van der Waals surface area contributed by atoms with E-state index in [0.29, 0.717) is 16.8 Å². The van der Waals surface area contributed by atoms with Gasteiger partial charge < -0.3 is 9.64 Å². The Morgan fingerprint density at radius 1 is 1.47 bits per heavy atom. The highest BCUT2D eigenvalue weighted by molar-refractivity contribution is 5.97. The van der Waals surface area contributed by atoms with Crippen molar-refractivity contribution in [3.63, 3.8) is 0 Å². The van der Waals surface area contributed by atoms with Gasteiger partial charge in [0, 0.05) is 14.1 Å². The van der Waals surface area contributed by atoms with E-state index in [4.69, 9.17) is 5.26 Å². The minimum absolute atomic E-state index is 0.404. The van der Waals surface area contributed by atoms with E-state index >= 15 is 0 Å². The molecule has 4 heteroatoms. The molecule has 0 unspecified atom stereocenters. The quantitative estimate of drug-likeness (QED) is 0.683. The minimum Gasteiger partial charge on any atom is -0.465 e. The van der Waals surface area contributed by atoms with Crippen LogP contribution in [0, 0.1) is 11.3 Å². The first kappa shape index (κ1) is 11.1. The zero-order valence-corrected chi connectivity index (χ0v) is 8.94. The van der Waals surface area contributed by atoms with Gasteiger partial charge in [-0.3, -0.25) is 0 Å². The Bertz CT molecular complexity index is 419. The number of para-hydroxylation sites is 1. The van der Waals surface area contributed by atoms with Crippen molar-refractivity contribution in [2.75, 3.05) is 26.1 Å². The van der Waals surface area contributed by atoms with Crippen LogP contribution in [0.1, 0.15) is 15.9 Å². The predicted molar refractivity (Wildman–Crippen MR) is 56.8 cm³/mol. The normalized spacial score (nSPS) is 9.20. The number of benzene rings is 1. The van der Waals surface area contributed by atoms with E-state index in [0.717, 1.165) is 0 Å². The van der Waals surface area contributed by atoms with Gasteiger partial charge in [0.05, 0.1) is 23.9 Å². The van der Waals surface area contributed by atoms with Crippen LogP contribution in [0.4, 0.5) is 5.69 Å². The third kappa shape index (κ3) is 2.08. The second-order valence-corrected chi connectivity index (χ2v) is 3.20. The summed E-state index contributed by atoms with van der Waals surface area (Å²) < 4.78 is 4.65. The van der Waals surface area contributed by atoms with Crippen LogP contribution in [0.15, 0.2) is 18.2 Å². The molecule has 0 aliphatic carbocycles. The lowest BCUT2D eigenvalue weighted by molar-refractivity contribution is 0.0601. The Labute approximate surface area is 88.7 Å². The third-order valence-corrected chi connectivity index (χ3v) is 2.01. The second-order valence-electron chi connectivity index (χ2n) is 3.20. The maximum Gasteiger partial charge on any atom is 0.340 e.